The molecule has 3 unspecified atom stereocenters. The highest BCUT2D eigenvalue weighted by Crippen LogP contribution is 2.47. The van der Waals surface area contributed by atoms with Gasteiger partial charge in [-0.3, -0.25) is 14.4 Å². The van der Waals surface area contributed by atoms with Crippen LogP contribution in [-0.4, -0.2) is 45.7 Å². The molecule has 0 bridgehead atoms. The topological polar surface area (TPSA) is 88.1 Å². The van der Waals surface area contributed by atoms with Crippen LogP contribution in [0.4, 0.5) is 0 Å². The maximum atomic E-state index is 12.3. The molecule has 0 aromatic heterocycles. The summed E-state index contributed by atoms with van der Waals surface area (Å²) in [5, 5.41) is 0. The number of ketones is 1. The van der Waals surface area contributed by atoms with Crippen molar-refractivity contribution in [3.63, 3.8) is 0 Å². The minimum atomic E-state index is -1.03. The van der Waals surface area contributed by atoms with Gasteiger partial charge in [0, 0.05) is 17.4 Å². The van der Waals surface area contributed by atoms with Crippen molar-refractivity contribution >= 4 is 17.7 Å². The zero-order valence-corrected chi connectivity index (χ0v) is 14.7. The maximum absolute atomic E-state index is 12.3. The fourth-order valence-electron chi connectivity index (χ4n) is 3.29. The molecule has 3 atom stereocenters. The smallest absolute Gasteiger partial charge is 0.316 e. The van der Waals surface area contributed by atoms with E-state index in [-0.39, 0.29) is 18.8 Å². The van der Waals surface area contributed by atoms with Gasteiger partial charge in [-0.15, -0.1) is 0 Å². The molecule has 0 amide bonds. The third-order valence-corrected chi connectivity index (χ3v) is 4.45. The molecule has 1 aliphatic rings. The Morgan fingerprint density at radius 2 is 1.92 bits per heavy atom. The number of carbonyl (C=O) groups excluding carboxylic acids is 3. The van der Waals surface area contributed by atoms with Gasteiger partial charge in [-0.05, 0) is 13.0 Å². The fourth-order valence-corrected chi connectivity index (χ4v) is 3.29. The van der Waals surface area contributed by atoms with Gasteiger partial charge in [-0.25, -0.2) is 0 Å². The molecule has 136 valence electrons. The maximum Gasteiger partial charge on any atom is 0.316 e. The highest BCUT2D eigenvalue weighted by molar-refractivity contribution is 5.99. The number of fused-ring (bicyclic) bond motifs is 1. The Bertz CT molecular complexity index is 667. The Labute approximate surface area is 146 Å². The van der Waals surface area contributed by atoms with E-state index in [0.717, 1.165) is 0 Å². The zero-order valence-electron chi connectivity index (χ0n) is 14.7. The van der Waals surface area contributed by atoms with Crippen molar-refractivity contribution in [2.45, 2.75) is 19.3 Å². The van der Waals surface area contributed by atoms with Gasteiger partial charge < -0.3 is 18.9 Å². The molecular weight excluding hydrogens is 328 g/mol. The lowest BCUT2D eigenvalue weighted by atomic mass is 9.72. The average molecular weight is 350 g/mol. The minimum Gasteiger partial charge on any atom is -0.493 e. The Kier molecular flexibility index (Phi) is 6.01. The summed E-state index contributed by atoms with van der Waals surface area (Å²) < 4.78 is 20.7. The molecule has 7 heteroatoms. The van der Waals surface area contributed by atoms with Crippen molar-refractivity contribution in [3.05, 3.63) is 23.8 Å². The minimum absolute atomic E-state index is 0.0264. The van der Waals surface area contributed by atoms with Gasteiger partial charge in [0.1, 0.15) is 11.7 Å². The van der Waals surface area contributed by atoms with E-state index in [2.05, 4.69) is 0 Å². The number of ether oxygens (including phenoxy) is 4. The van der Waals surface area contributed by atoms with Gasteiger partial charge in [0.25, 0.3) is 0 Å². The van der Waals surface area contributed by atoms with Gasteiger partial charge in [-0.1, -0.05) is 12.1 Å². The van der Waals surface area contributed by atoms with E-state index in [4.69, 9.17) is 18.9 Å². The van der Waals surface area contributed by atoms with E-state index >= 15 is 0 Å². The van der Waals surface area contributed by atoms with E-state index in [1.165, 1.54) is 28.3 Å². The summed E-state index contributed by atoms with van der Waals surface area (Å²) >= 11 is 0. The normalized spacial score (nSPS) is 19.8. The van der Waals surface area contributed by atoms with Gasteiger partial charge in [0.2, 0.25) is 0 Å². The summed E-state index contributed by atoms with van der Waals surface area (Å²) in [6.45, 7) is 1.50. The van der Waals surface area contributed by atoms with Crippen LogP contribution < -0.4 is 9.47 Å². The van der Waals surface area contributed by atoms with Crippen molar-refractivity contribution in [3.8, 4) is 11.5 Å². The lowest BCUT2D eigenvalue weighted by molar-refractivity contribution is -0.152. The molecule has 7 nitrogen and oxygen atoms in total. The first-order valence-electron chi connectivity index (χ1n) is 7.89. The van der Waals surface area contributed by atoms with Crippen molar-refractivity contribution < 1.29 is 33.3 Å². The number of Topliss-reactive ketones (excluding diaryl/α,β-unsaturated/α-hetero) is 1. The number of benzene rings is 1. The summed E-state index contributed by atoms with van der Waals surface area (Å²) in [4.78, 5) is 36.3. The first-order valence-corrected chi connectivity index (χ1v) is 7.89. The number of methoxy groups -OCH3 is 3. The van der Waals surface area contributed by atoms with Gasteiger partial charge in [0.15, 0.2) is 11.5 Å². The van der Waals surface area contributed by atoms with Crippen molar-refractivity contribution in [2.75, 3.05) is 27.9 Å². The van der Waals surface area contributed by atoms with Gasteiger partial charge in [-0.2, -0.15) is 0 Å². The largest absolute Gasteiger partial charge is 0.493 e. The highest BCUT2D eigenvalue weighted by atomic mass is 16.5. The van der Waals surface area contributed by atoms with Crippen LogP contribution in [-0.2, 0) is 23.9 Å². The molecule has 1 aliphatic heterocycles. The first-order chi connectivity index (χ1) is 11.9. The Morgan fingerprint density at radius 1 is 1.20 bits per heavy atom. The predicted octanol–water partition coefficient (Wildman–Crippen LogP) is 1.73. The molecule has 2 rings (SSSR count). The summed E-state index contributed by atoms with van der Waals surface area (Å²) in [5.74, 6) is -2.42. The van der Waals surface area contributed by atoms with Crippen LogP contribution in [0.1, 0.15) is 24.8 Å². The van der Waals surface area contributed by atoms with Crippen molar-refractivity contribution in [1.82, 2.24) is 0 Å². The quantitative estimate of drug-likeness (QED) is 0.570. The number of hydrogen-bond acceptors (Lipinski definition) is 7. The Balaban J connectivity index is 2.55. The van der Waals surface area contributed by atoms with E-state index in [1.54, 1.807) is 18.2 Å². The lowest BCUT2D eigenvalue weighted by Gasteiger charge is -2.36. The molecule has 0 spiro atoms. The number of para-hydroxylation sites is 1. The van der Waals surface area contributed by atoms with Crippen LogP contribution in [0, 0.1) is 11.8 Å². The fraction of sp³-hybridized carbons (Fsp3) is 0.500. The van der Waals surface area contributed by atoms with Gasteiger partial charge >= 0.3 is 11.9 Å². The predicted molar refractivity (Wildman–Crippen MR) is 87.5 cm³/mol. The second kappa shape index (κ2) is 8.00. The van der Waals surface area contributed by atoms with Crippen LogP contribution in [0.25, 0.3) is 0 Å². The number of rotatable bonds is 6. The van der Waals surface area contributed by atoms with Crippen LogP contribution >= 0.6 is 0 Å². The second-order valence-corrected chi connectivity index (χ2v) is 5.87. The third-order valence-electron chi connectivity index (χ3n) is 4.45. The van der Waals surface area contributed by atoms with Crippen LogP contribution in [0.15, 0.2) is 18.2 Å². The number of carbonyl (C=O) groups is 3. The second-order valence-electron chi connectivity index (χ2n) is 5.87. The molecule has 0 fully saturated rings. The molecule has 1 aromatic carbocycles. The molecule has 1 heterocycles. The van der Waals surface area contributed by atoms with E-state index < -0.39 is 29.7 Å². The highest BCUT2D eigenvalue weighted by Gasteiger charge is 2.44. The summed E-state index contributed by atoms with van der Waals surface area (Å²) in [5.41, 5.74) is 0.644. The monoisotopic (exact) mass is 350 g/mol. The van der Waals surface area contributed by atoms with Crippen LogP contribution in [0.3, 0.4) is 0 Å². The Morgan fingerprint density at radius 3 is 2.48 bits per heavy atom. The van der Waals surface area contributed by atoms with E-state index in [0.29, 0.717) is 17.1 Å². The third kappa shape index (κ3) is 3.75. The average Bonchev–Trinajstić information content (AvgIpc) is 2.61. The van der Waals surface area contributed by atoms with Crippen LogP contribution in [0.2, 0.25) is 0 Å². The summed E-state index contributed by atoms with van der Waals surface area (Å²) in [6.07, 6.45) is 0.0264. The van der Waals surface area contributed by atoms with Crippen molar-refractivity contribution in [2.24, 2.45) is 11.8 Å². The Hall–Kier alpha value is -2.57. The van der Waals surface area contributed by atoms with Crippen LogP contribution in [0.5, 0.6) is 11.5 Å². The number of hydrogen-bond donors (Lipinski definition) is 0. The molecule has 1 aromatic rings. The molecule has 0 aliphatic carbocycles. The molecular formula is C18H22O7. The molecule has 0 radical (unpaired) electrons. The standard InChI is InChI=1S/C18H22O7/c1-10(19)15(18(21)24-4)16-11(8-14(20)23-3)9-25-17-12(16)6-5-7-13(17)22-2/h5-7,11,15-16H,8-9H2,1-4H3. The van der Waals surface area contributed by atoms with Crippen molar-refractivity contribution in [1.29, 1.82) is 0 Å². The first kappa shape index (κ1) is 18.8. The number of esters is 2. The molecule has 25 heavy (non-hydrogen) atoms. The summed E-state index contributed by atoms with van der Waals surface area (Å²) in [6, 6.07) is 5.26. The van der Waals surface area contributed by atoms with E-state index in [9.17, 15) is 14.4 Å². The molecule has 0 saturated carbocycles. The SMILES string of the molecule is COC(=O)CC1COc2c(OC)cccc2C1C(C(C)=O)C(=O)OC. The summed E-state index contributed by atoms with van der Waals surface area (Å²) in [7, 11) is 4.04. The molecule has 0 saturated heterocycles. The van der Waals surface area contributed by atoms with Gasteiger partial charge in [0.05, 0.1) is 34.4 Å². The van der Waals surface area contributed by atoms with E-state index in [1.807, 2.05) is 0 Å². The zero-order chi connectivity index (χ0) is 18.6. The molecule has 0 N–H and O–H groups in total. The lowest BCUT2D eigenvalue weighted by Crippen LogP contribution is -2.39.